The number of ether oxygens (including phenoxy) is 1. The smallest absolute Gasteiger partial charge is 0.416 e. The number of hydrogen-bond donors (Lipinski definition) is 0. The maximum absolute atomic E-state index is 12.5. The molecular formula is C19H18ClF3N2O2. The molecule has 0 bridgehead atoms. The second-order valence-corrected chi connectivity index (χ2v) is 6.59. The molecule has 4 nitrogen and oxygen atoms in total. The number of benzene rings is 2. The van der Waals surface area contributed by atoms with Crippen LogP contribution in [0.1, 0.15) is 5.56 Å². The van der Waals surface area contributed by atoms with Crippen LogP contribution in [0.4, 0.5) is 18.9 Å². The third-order valence-corrected chi connectivity index (χ3v) is 4.58. The number of carbonyl (C=O) groups excluding carboxylic acids is 1. The van der Waals surface area contributed by atoms with E-state index in [0.29, 0.717) is 31.2 Å². The van der Waals surface area contributed by atoms with Crippen molar-refractivity contribution in [2.75, 3.05) is 37.7 Å². The maximum atomic E-state index is 12.5. The lowest BCUT2D eigenvalue weighted by atomic mass is 10.2. The van der Waals surface area contributed by atoms with Crippen LogP contribution >= 0.6 is 11.6 Å². The van der Waals surface area contributed by atoms with E-state index in [-0.39, 0.29) is 18.3 Å². The van der Waals surface area contributed by atoms with Gasteiger partial charge >= 0.3 is 6.18 Å². The van der Waals surface area contributed by atoms with Gasteiger partial charge in [0.15, 0.2) is 6.61 Å². The van der Waals surface area contributed by atoms with Crippen molar-refractivity contribution in [2.24, 2.45) is 0 Å². The van der Waals surface area contributed by atoms with Gasteiger partial charge < -0.3 is 14.5 Å². The predicted octanol–water partition coefficient (Wildman–Crippen LogP) is 4.09. The molecule has 1 aliphatic heterocycles. The normalized spacial score (nSPS) is 15.0. The van der Waals surface area contributed by atoms with Gasteiger partial charge in [0.05, 0.1) is 5.56 Å². The van der Waals surface area contributed by atoms with Gasteiger partial charge in [-0.2, -0.15) is 13.2 Å². The van der Waals surface area contributed by atoms with E-state index in [1.165, 1.54) is 12.1 Å². The van der Waals surface area contributed by atoms with Crippen LogP contribution in [0.25, 0.3) is 0 Å². The number of rotatable bonds is 4. The highest BCUT2D eigenvalue weighted by Crippen LogP contribution is 2.30. The SMILES string of the molecule is O=C(COc1ccc(C(F)(F)F)cc1)N1CCN(c2cccc(Cl)c2)CC1. The summed E-state index contributed by atoms with van der Waals surface area (Å²) in [5, 5.41) is 0.663. The van der Waals surface area contributed by atoms with Gasteiger partial charge in [-0.25, -0.2) is 0 Å². The molecule has 27 heavy (non-hydrogen) atoms. The molecule has 0 spiro atoms. The molecule has 0 radical (unpaired) electrons. The van der Waals surface area contributed by atoms with Crippen LogP contribution in [-0.2, 0) is 11.0 Å². The number of piperazine rings is 1. The highest BCUT2D eigenvalue weighted by molar-refractivity contribution is 6.30. The van der Waals surface area contributed by atoms with E-state index in [1.807, 2.05) is 24.3 Å². The fourth-order valence-electron chi connectivity index (χ4n) is 2.86. The standard InChI is InChI=1S/C19H18ClF3N2O2/c20-15-2-1-3-16(12-15)24-8-10-25(11-9-24)18(26)13-27-17-6-4-14(5-7-17)19(21,22)23/h1-7,12H,8-11,13H2. The van der Waals surface area contributed by atoms with E-state index >= 15 is 0 Å². The molecule has 1 amide bonds. The number of nitrogens with zero attached hydrogens (tertiary/aromatic N) is 2. The van der Waals surface area contributed by atoms with Crippen LogP contribution in [0.2, 0.25) is 5.02 Å². The van der Waals surface area contributed by atoms with Crippen LogP contribution in [0.5, 0.6) is 5.75 Å². The van der Waals surface area contributed by atoms with Crippen molar-refractivity contribution in [3.8, 4) is 5.75 Å². The van der Waals surface area contributed by atoms with E-state index in [0.717, 1.165) is 17.8 Å². The largest absolute Gasteiger partial charge is 0.484 e. The Kier molecular flexibility index (Phi) is 5.79. The van der Waals surface area contributed by atoms with Crippen molar-refractivity contribution in [1.82, 2.24) is 4.90 Å². The van der Waals surface area contributed by atoms with Crippen molar-refractivity contribution in [3.63, 3.8) is 0 Å². The first-order valence-electron chi connectivity index (χ1n) is 8.41. The average Bonchev–Trinajstić information content (AvgIpc) is 2.66. The number of carbonyl (C=O) groups is 1. The van der Waals surface area contributed by atoms with Crippen molar-refractivity contribution in [3.05, 3.63) is 59.1 Å². The van der Waals surface area contributed by atoms with Crippen LogP contribution < -0.4 is 9.64 Å². The summed E-state index contributed by atoms with van der Waals surface area (Å²) >= 11 is 6.01. The molecule has 3 rings (SSSR count). The Hall–Kier alpha value is -2.41. The molecule has 0 aliphatic carbocycles. The lowest BCUT2D eigenvalue weighted by Crippen LogP contribution is -2.50. The Morgan fingerprint density at radius 2 is 1.70 bits per heavy atom. The molecular weight excluding hydrogens is 381 g/mol. The summed E-state index contributed by atoms with van der Waals surface area (Å²) in [5.41, 5.74) is 0.258. The first kappa shape index (κ1) is 19.4. The van der Waals surface area contributed by atoms with Crippen molar-refractivity contribution >= 4 is 23.2 Å². The van der Waals surface area contributed by atoms with Crippen LogP contribution in [0.15, 0.2) is 48.5 Å². The number of alkyl halides is 3. The Morgan fingerprint density at radius 1 is 1.04 bits per heavy atom. The van der Waals surface area contributed by atoms with E-state index < -0.39 is 11.7 Å². The van der Waals surface area contributed by atoms with Crippen molar-refractivity contribution in [2.45, 2.75) is 6.18 Å². The predicted molar refractivity (Wildman–Crippen MR) is 97.2 cm³/mol. The van der Waals surface area contributed by atoms with Crippen LogP contribution in [0, 0.1) is 0 Å². The highest BCUT2D eigenvalue weighted by atomic mass is 35.5. The minimum Gasteiger partial charge on any atom is -0.484 e. The minimum atomic E-state index is -4.39. The Morgan fingerprint density at radius 3 is 2.30 bits per heavy atom. The molecule has 0 aromatic heterocycles. The van der Waals surface area contributed by atoms with Crippen molar-refractivity contribution < 1.29 is 22.7 Å². The number of amides is 1. The number of anilines is 1. The summed E-state index contributed by atoms with van der Waals surface area (Å²) in [6, 6.07) is 11.8. The summed E-state index contributed by atoms with van der Waals surface area (Å²) < 4.78 is 42.9. The number of halogens is 4. The van der Waals surface area contributed by atoms with Gasteiger partial charge in [-0.05, 0) is 42.5 Å². The zero-order valence-electron chi connectivity index (χ0n) is 14.4. The fraction of sp³-hybridized carbons (Fsp3) is 0.316. The number of hydrogen-bond acceptors (Lipinski definition) is 3. The third kappa shape index (κ3) is 5.07. The van der Waals surface area contributed by atoms with E-state index in [9.17, 15) is 18.0 Å². The Balaban J connectivity index is 1.48. The van der Waals surface area contributed by atoms with E-state index in [4.69, 9.17) is 16.3 Å². The van der Waals surface area contributed by atoms with E-state index in [2.05, 4.69) is 4.90 Å². The Labute approximate surface area is 160 Å². The molecule has 2 aromatic carbocycles. The zero-order valence-corrected chi connectivity index (χ0v) is 15.1. The highest BCUT2D eigenvalue weighted by Gasteiger charge is 2.30. The van der Waals surface area contributed by atoms with Gasteiger partial charge in [-0.3, -0.25) is 4.79 Å². The van der Waals surface area contributed by atoms with Crippen molar-refractivity contribution in [1.29, 1.82) is 0 Å². The van der Waals surface area contributed by atoms with Crippen LogP contribution in [-0.4, -0.2) is 43.6 Å². The molecule has 0 N–H and O–H groups in total. The summed E-state index contributed by atoms with van der Waals surface area (Å²) in [7, 11) is 0. The quantitative estimate of drug-likeness (QED) is 0.777. The molecule has 2 aromatic rings. The van der Waals surface area contributed by atoms with Crippen LogP contribution in [0.3, 0.4) is 0 Å². The maximum Gasteiger partial charge on any atom is 0.416 e. The average molecular weight is 399 g/mol. The zero-order chi connectivity index (χ0) is 19.4. The van der Waals surface area contributed by atoms with Gasteiger partial charge in [0, 0.05) is 36.9 Å². The fourth-order valence-corrected chi connectivity index (χ4v) is 3.05. The Bertz CT molecular complexity index is 788. The molecule has 8 heteroatoms. The summed E-state index contributed by atoms with van der Waals surface area (Å²) in [6.07, 6.45) is -4.39. The summed E-state index contributed by atoms with van der Waals surface area (Å²) in [6.45, 7) is 2.23. The molecule has 144 valence electrons. The summed E-state index contributed by atoms with van der Waals surface area (Å²) in [5.74, 6) is 0.0366. The van der Waals surface area contributed by atoms with Gasteiger partial charge in [-0.15, -0.1) is 0 Å². The minimum absolute atomic E-state index is 0.194. The topological polar surface area (TPSA) is 32.8 Å². The van der Waals surface area contributed by atoms with Gasteiger partial charge in [0.2, 0.25) is 0 Å². The molecule has 0 saturated carbocycles. The second-order valence-electron chi connectivity index (χ2n) is 6.16. The van der Waals surface area contributed by atoms with Gasteiger partial charge in [-0.1, -0.05) is 17.7 Å². The van der Waals surface area contributed by atoms with Gasteiger partial charge in [0.25, 0.3) is 5.91 Å². The molecule has 1 saturated heterocycles. The lowest BCUT2D eigenvalue weighted by Gasteiger charge is -2.36. The lowest BCUT2D eigenvalue weighted by molar-refractivity contribution is -0.137. The van der Waals surface area contributed by atoms with Gasteiger partial charge in [0.1, 0.15) is 5.75 Å². The third-order valence-electron chi connectivity index (χ3n) is 4.35. The molecule has 0 unspecified atom stereocenters. The first-order valence-corrected chi connectivity index (χ1v) is 8.79. The first-order chi connectivity index (χ1) is 12.8. The van der Waals surface area contributed by atoms with E-state index in [1.54, 1.807) is 4.90 Å². The molecule has 1 fully saturated rings. The molecule has 0 atom stereocenters. The summed E-state index contributed by atoms with van der Waals surface area (Å²) in [4.78, 5) is 16.1. The second kappa shape index (κ2) is 8.08. The molecule has 1 heterocycles. The monoisotopic (exact) mass is 398 g/mol. The molecule has 1 aliphatic rings.